The molecule has 0 unspecified atom stereocenters. The molecule has 0 bridgehead atoms. The average molecular weight is 345 g/mol. The van der Waals surface area contributed by atoms with E-state index in [9.17, 15) is 13.2 Å². The van der Waals surface area contributed by atoms with Gasteiger partial charge in [0.25, 0.3) is 5.91 Å². The Bertz CT molecular complexity index is 815. The molecule has 1 aliphatic rings. The van der Waals surface area contributed by atoms with Crippen LogP contribution >= 0.6 is 22.9 Å². The highest BCUT2D eigenvalue weighted by Crippen LogP contribution is 2.36. The number of halogens is 1. The summed E-state index contributed by atoms with van der Waals surface area (Å²) < 4.78 is 23.7. The van der Waals surface area contributed by atoms with E-state index in [2.05, 4.69) is 0 Å². The number of hydrogen-bond acceptors (Lipinski definition) is 5. The summed E-state index contributed by atoms with van der Waals surface area (Å²) in [5.41, 5.74) is 6.49. The molecule has 1 fully saturated rings. The lowest BCUT2D eigenvalue weighted by Crippen LogP contribution is -2.43. The van der Waals surface area contributed by atoms with Crippen LogP contribution in [0.4, 0.5) is 5.69 Å². The van der Waals surface area contributed by atoms with Crippen molar-refractivity contribution < 1.29 is 13.2 Å². The maximum absolute atomic E-state index is 12.5. The van der Waals surface area contributed by atoms with Crippen molar-refractivity contribution in [2.45, 2.75) is 0 Å². The van der Waals surface area contributed by atoms with Crippen molar-refractivity contribution in [1.82, 2.24) is 4.90 Å². The molecule has 21 heavy (non-hydrogen) atoms. The Hall–Kier alpha value is -1.31. The van der Waals surface area contributed by atoms with E-state index in [1.807, 2.05) is 0 Å². The van der Waals surface area contributed by atoms with Crippen LogP contribution in [0.3, 0.4) is 0 Å². The Morgan fingerprint density at radius 3 is 2.62 bits per heavy atom. The number of fused-ring (bicyclic) bond motifs is 1. The highest BCUT2D eigenvalue weighted by atomic mass is 35.5. The first-order valence-corrected chi connectivity index (χ1v) is 9.36. The van der Waals surface area contributed by atoms with Crippen LogP contribution in [0.25, 0.3) is 10.1 Å². The van der Waals surface area contributed by atoms with Crippen LogP contribution in [0.1, 0.15) is 9.67 Å². The van der Waals surface area contributed by atoms with Gasteiger partial charge in [-0.25, -0.2) is 8.42 Å². The topological polar surface area (TPSA) is 80.5 Å². The number of benzene rings is 1. The van der Waals surface area contributed by atoms with E-state index < -0.39 is 9.84 Å². The van der Waals surface area contributed by atoms with Crippen molar-refractivity contribution in [2.75, 3.05) is 30.3 Å². The lowest BCUT2D eigenvalue weighted by Gasteiger charge is -2.26. The van der Waals surface area contributed by atoms with Gasteiger partial charge in [-0.15, -0.1) is 11.3 Å². The predicted molar refractivity (Wildman–Crippen MR) is 85.8 cm³/mol. The second-order valence-electron chi connectivity index (χ2n) is 4.93. The maximum Gasteiger partial charge on any atom is 0.266 e. The van der Waals surface area contributed by atoms with Crippen molar-refractivity contribution in [2.24, 2.45) is 0 Å². The first-order valence-electron chi connectivity index (χ1n) is 6.34. The molecule has 112 valence electrons. The highest BCUT2D eigenvalue weighted by molar-refractivity contribution is 7.91. The molecule has 2 aromatic rings. The second-order valence-corrected chi connectivity index (χ2v) is 8.72. The summed E-state index contributed by atoms with van der Waals surface area (Å²) in [6.45, 7) is 0.436. The third kappa shape index (κ3) is 2.73. The number of anilines is 1. The number of sulfone groups is 1. The molecule has 1 saturated heterocycles. The van der Waals surface area contributed by atoms with Crippen molar-refractivity contribution >= 4 is 54.5 Å². The number of hydrogen-bond donors (Lipinski definition) is 1. The predicted octanol–water partition coefficient (Wildman–Crippen LogP) is 2.01. The van der Waals surface area contributed by atoms with Gasteiger partial charge in [-0.1, -0.05) is 11.6 Å². The summed E-state index contributed by atoms with van der Waals surface area (Å²) in [7, 11) is -3.01. The third-order valence-corrected chi connectivity index (χ3v) is 6.52. The standard InChI is InChI=1S/C13H13ClN2O3S2/c14-8-1-2-9-10(7-8)20-12(11(9)15)13(17)16-3-5-21(18,19)6-4-16/h1-2,7H,3-6,15H2. The molecule has 5 nitrogen and oxygen atoms in total. The van der Waals surface area contributed by atoms with Gasteiger partial charge in [-0.05, 0) is 18.2 Å². The largest absolute Gasteiger partial charge is 0.397 e. The van der Waals surface area contributed by atoms with E-state index >= 15 is 0 Å². The van der Waals surface area contributed by atoms with Crippen LogP contribution in [0.5, 0.6) is 0 Å². The fourth-order valence-electron chi connectivity index (χ4n) is 2.31. The van der Waals surface area contributed by atoms with E-state index in [0.29, 0.717) is 15.6 Å². The van der Waals surface area contributed by atoms with Gasteiger partial charge in [0.05, 0.1) is 17.2 Å². The smallest absolute Gasteiger partial charge is 0.266 e. The number of amides is 1. The van der Waals surface area contributed by atoms with Gasteiger partial charge < -0.3 is 10.6 Å². The van der Waals surface area contributed by atoms with E-state index in [0.717, 1.165) is 10.1 Å². The highest BCUT2D eigenvalue weighted by Gasteiger charge is 2.28. The van der Waals surface area contributed by atoms with Crippen molar-refractivity contribution in [3.63, 3.8) is 0 Å². The van der Waals surface area contributed by atoms with E-state index in [4.69, 9.17) is 17.3 Å². The van der Waals surface area contributed by atoms with Gasteiger partial charge in [-0.2, -0.15) is 0 Å². The van der Waals surface area contributed by atoms with E-state index in [-0.39, 0.29) is 30.5 Å². The average Bonchev–Trinajstić information content (AvgIpc) is 2.74. The Morgan fingerprint density at radius 2 is 1.95 bits per heavy atom. The molecular formula is C13H13ClN2O3S2. The molecule has 0 saturated carbocycles. The van der Waals surface area contributed by atoms with Gasteiger partial charge in [-0.3, -0.25) is 4.79 Å². The Labute approximate surface area is 131 Å². The third-order valence-electron chi connectivity index (χ3n) is 3.52. The minimum absolute atomic E-state index is 0.00929. The summed E-state index contributed by atoms with van der Waals surface area (Å²) in [4.78, 5) is 14.5. The molecular weight excluding hydrogens is 332 g/mol. The number of nitrogens with zero attached hydrogens (tertiary/aromatic N) is 1. The quantitative estimate of drug-likeness (QED) is 0.858. The molecule has 1 aliphatic heterocycles. The number of nitrogens with two attached hydrogens (primary N) is 1. The minimum atomic E-state index is -3.01. The monoisotopic (exact) mass is 344 g/mol. The maximum atomic E-state index is 12.5. The fourth-order valence-corrected chi connectivity index (χ4v) is 4.88. The minimum Gasteiger partial charge on any atom is -0.397 e. The first-order chi connectivity index (χ1) is 9.87. The fraction of sp³-hybridized carbons (Fsp3) is 0.308. The lowest BCUT2D eigenvalue weighted by molar-refractivity contribution is 0.0776. The van der Waals surface area contributed by atoms with Crippen LogP contribution in [0.15, 0.2) is 18.2 Å². The summed E-state index contributed by atoms with van der Waals surface area (Å²) in [6, 6.07) is 5.30. The molecule has 0 atom stereocenters. The SMILES string of the molecule is Nc1c(C(=O)N2CCS(=O)(=O)CC2)sc2cc(Cl)ccc12. The van der Waals surface area contributed by atoms with Crippen LogP contribution < -0.4 is 5.73 Å². The van der Waals surface area contributed by atoms with Crippen molar-refractivity contribution in [3.05, 3.63) is 28.1 Å². The zero-order chi connectivity index (χ0) is 15.2. The van der Waals surface area contributed by atoms with Gasteiger partial charge in [0, 0.05) is 28.2 Å². The van der Waals surface area contributed by atoms with Crippen LogP contribution in [0.2, 0.25) is 5.02 Å². The lowest BCUT2D eigenvalue weighted by atomic mass is 10.2. The number of carbonyl (C=O) groups is 1. The zero-order valence-corrected chi connectivity index (χ0v) is 13.4. The zero-order valence-electron chi connectivity index (χ0n) is 11.0. The van der Waals surface area contributed by atoms with Gasteiger partial charge >= 0.3 is 0 Å². The molecule has 3 rings (SSSR count). The van der Waals surface area contributed by atoms with Crippen LogP contribution in [-0.4, -0.2) is 43.8 Å². The van der Waals surface area contributed by atoms with Crippen LogP contribution in [0, 0.1) is 0 Å². The summed E-state index contributed by atoms with van der Waals surface area (Å²) in [6.07, 6.45) is 0. The second kappa shape index (κ2) is 5.15. The molecule has 0 spiro atoms. The van der Waals surface area contributed by atoms with Gasteiger partial charge in [0.2, 0.25) is 0 Å². The van der Waals surface area contributed by atoms with Crippen molar-refractivity contribution in [1.29, 1.82) is 0 Å². The Morgan fingerprint density at radius 1 is 1.29 bits per heavy atom. The molecule has 2 N–H and O–H groups in total. The van der Waals surface area contributed by atoms with Crippen molar-refractivity contribution in [3.8, 4) is 0 Å². The molecule has 1 amide bonds. The van der Waals surface area contributed by atoms with E-state index in [1.54, 1.807) is 23.1 Å². The number of nitrogen functional groups attached to an aromatic ring is 1. The summed E-state index contributed by atoms with van der Waals surface area (Å²) >= 11 is 7.23. The molecule has 1 aromatic carbocycles. The molecule has 8 heteroatoms. The molecule has 2 heterocycles. The van der Waals surface area contributed by atoms with E-state index in [1.165, 1.54) is 11.3 Å². The summed E-state index contributed by atoms with van der Waals surface area (Å²) in [5, 5.41) is 1.39. The van der Waals surface area contributed by atoms with Gasteiger partial charge in [0.15, 0.2) is 9.84 Å². The number of rotatable bonds is 1. The Balaban J connectivity index is 1.93. The molecule has 0 radical (unpaired) electrons. The number of carbonyl (C=O) groups excluding carboxylic acids is 1. The first kappa shape index (κ1) is 14.6. The Kier molecular flexibility index (Phi) is 3.59. The molecule has 0 aliphatic carbocycles. The van der Waals surface area contributed by atoms with Crippen LogP contribution in [-0.2, 0) is 9.84 Å². The molecule has 1 aromatic heterocycles. The summed E-state index contributed by atoms with van der Waals surface area (Å²) in [5.74, 6) is -0.190. The van der Waals surface area contributed by atoms with Gasteiger partial charge in [0.1, 0.15) is 4.88 Å². The normalized spacial score (nSPS) is 18.0. The number of thiophene rings is 1.